The van der Waals surface area contributed by atoms with E-state index < -0.39 is 5.97 Å². The van der Waals surface area contributed by atoms with Crippen molar-refractivity contribution in [2.45, 2.75) is 6.61 Å². The maximum atomic E-state index is 11.9. The largest absolute Gasteiger partial charge is 0.482 e. The molecule has 0 saturated carbocycles. The average molecular weight is 401 g/mol. The molecule has 0 aliphatic rings. The Bertz CT molecular complexity index is 1080. The lowest BCUT2D eigenvalue weighted by Crippen LogP contribution is -2.14. The van der Waals surface area contributed by atoms with Crippen LogP contribution < -0.4 is 10.1 Å². The van der Waals surface area contributed by atoms with Gasteiger partial charge in [0.1, 0.15) is 5.75 Å². The lowest BCUT2D eigenvalue weighted by Gasteiger charge is -2.08. The monoisotopic (exact) mass is 401 g/mol. The third-order valence-electron chi connectivity index (χ3n) is 4.12. The van der Waals surface area contributed by atoms with E-state index in [1.54, 1.807) is 12.1 Å². The van der Waals surface area contributed by atoms with Gasteiger partial charge in [-0.3, -0.25) is 0 Å². The smallest absolute Gasteiger partial charge is 0.344 e. The van der Waals surface area contributed by atoms with Gasteiger partial charge in [0.15, 0.2) is 13.2 Å². The molecule has 0 bridgehead atoms. The minimum absolute atomic E-state index is 0.109. The van der Waals surface area contributed by atoms with Crippen molar-refractivity contribution in [3.8, 4) is 17.2 Å². The number of ether oxygens (including phenoxy) is 2. The predicted octanol–water partition coefficient (Wildman–Crippen LogP) is 4.60. The van der Waals surface area contributed by atoms with E-state index in [2.05, 4.69) is 15.5 Å². The third-order valence-corrected chi connectivity index (χ3v) is 4.12. The molecule has 4 rings (SSSR count). The molecule has 4 aromatic rings. The molecule has 150 valence electrons. The summed E-state index contributed by atoms with van der Waals surface area (Å²) in [6.45, 7) is -0.326. The summed E-state index contributed by atoms with van der Waals surface area (Å²) in [5, 5.41) is 11.1. The summed E-state index contributed by atoms with van der Waals surface area (Å²) in [4.78, 5) is 11.9. The SMILES string of the molecule is O=C(COc1ccc(Nc2ccccc2)cc1)OCc1nnc(-c2ccccc2)o1. The first-order valence-corrected chi connectivity index (χ1v) is 9.35. The maximum Gasteiger partial charge on any atom is 0.344 e. The number of para-hydroxylation sites is 1. The highest BCUT2D eigenvalue weighted by molar-refractivity contribution is 5.71. The molecule has 0 saturated heterocycles. The summed E-state index contributed by atoms with van der Waals surface area (Å²) in [7, 11) is 0. The molecular formula is C23H19N3O4. The van der Waals surface area contributed by atoms with Crippen LogP contribution in [0.1, 0.15) is 5.89 Å². The predicted molar refractivity (Wildman–Crippen MR) is 111 cm³/mol. The third kappa shape index (κ3) is 5.23. The van der Waals surface area contributed by atoms with Gasteiger partial charge in [0, 0.05) is 16.9 Å². The Morgan fingerprint density at radius 1 is 0.833 bits per heavy atom. The fraction of sp³-hybridized carbons (Fsp3) is 0.0870. The van der Waals surface area contributed by atoms with Crippen molar-refractivity contribution in [1.29, 1.82) is 0 Å². The van der Waals surface area contributed by atoms with Crippen LogP contribution in [0, 0.1) is 0 Å². The number of hydrogen-bond acceptors (Lipinski definition) is 7. The van der Waals surface area contributed by atoms with Gasteiger partial charge < -0.3 is 19.2 Å². The van der Waals surface area contributed by atoms with E-state index in [1.165, 1.54) is 0 Å². The normalized spacial score (nSPS) is 10.4. The highest BCUT2D eigenvalue weighted by Gasteiger charge is 2.11. The molecule has 1 heterocycles. The number of nitrogens with one attached hydrogen (secondary N) is 1. The van der Waals surface area contributed by atoms with Crippen LogP contribution in [-0.2, 0) is 16.1 Å². The van der Waals surface area contributed by atoms with Crippen LogP contribution in [0.3, 0.4) is 0 Å². The number of carbonyl (C=O) groups is 1. The molecule has 0 amide bonds. The molecule has 3 aromatic carbocycles. The average Bonchev–Trinajstić information content (AvgIpc) is 3.28. The van der Waals surface area contributed by atoms with Crippen molar-refractivity contribution in [2.24, 2.45) is 0 Å². The molecule has 0 spiro atoms. The first-order valence-electron chi connectivity index (χ1n) is 9.35. The van der Waals surface area contributed by atoms with E-state index in [-0.39, 0.29) is 19.1 Å². The minimum atomic E-state index is -0.527. The van der Waals surface area contributed by atoms with E-state index in [1.807, 2.05) is 72.8 Å². The Kier molecular flexibility index (Phi) is 6.00. The Morgan fingerprint density at radius 2 is 1.50 bits per heavy atom. The number of aromatic nitrogens is 2. The van der Waals surface area contributed by atoms with E-state index in [9.17, 15) is 4.79 Å². The van der Waals surface area contributed by atoms with Crippen molar-refractivity contribution in [1.82, 2.24) is 10.2 Å². The highest BCUT2D eigenvalue weighted by Crippen LogP contribution is 2.20. The zero-order valence-electron chi connectivity index (χ0n) is 16.0. The quantitative estimate of drug-likeness (QED) is 0.432. The lowest BCUT2D eigenvalue weighted by molar-refractivity contribution is -0.148. The topological polar surface area (TPSA) is 86.5 Å². The summed E-state index contributed by atoms with van der Waals surface area (Å²) in [6.07, 6.45) is 0. The number of nitrogens with zero attached hydrogens (tertiary/aromatic N) is 2. The van der Waals surface area contributed by atoms with Crippen molar-refractivity contribution < 1.29 is 18.7 Å². The molecule has 0 unspecified atom stereocenters. The maximum absolute atomic E-state index is 11.9. The van der Waals surface area contributed by atoms with E-state index >= 15 is 0 Å². The lowest BCUT2D eigenvalue weighted by atomic mass is 10.2. The van der Waals surface area contributed by atoms with Gasteiger partial charge in [0.25, 0.3) is 5.89 Å². The molecule has 1 N–H and O–H groups in total. The van der Waals surface area contributed by atoms with Crippen molar-refractivity contribution in [3.05, 3.63) is 90.8 Å². The van der Waals surface area contributed by atoms with Crippen LogP contribution in [-0.4, -0.2) is 22.8 Å². The fourth-order valence-electron chi connectivity index (χ4n) is 2.66. The van der Waals surface area contributed by atoms with Crippen LogP contribution >= 0.6 is 0 Å². The zero-order chi connectivity index (χ0) is 20.6. The van der Waals surface area contributed by atoms with Gasteiger partial charge in [0.2, 0.25) is 5.89 Å². The summed E-state index contributed by atoms with van der Waals surface area (Å²) >= 11 is 0. The second-order valence-electron chi connectivity index (χ2n) is 6.33. The first-order chi connectivity index (χ1) is 14.8. The summed E-state index contributed by atoms with van der Waals surface area (Å²) < 4.78 is 16.1. The van der Waals surface area contributed by atoms with E-state index in [0.717, 1.165) is 16.9 Å². The Labute approximate surface area is 173 Å². The fourth-order valence-corrected chi connectivity index (χ4v) is 2.66. The number of rotatable bonds is 8. The van der Waals surface area contributed by atoms with Gasteiger partial charge in [0.05, 0.1) is 0 Å². The second-order valence-corrected chi connectivity index (χ2v) is 6.33. The van der Waals surface area contributed by atoms with E-state index in [0.29, 0.717) is 11.6 Å². The number of anilines is 2. The Balaban J connectivity index is 1.23. The molecule has 0 atom stereocenters. The molecule has 1 aromatic heterocycles. The van der Waals surface area contributed by atoms with Crippen LogP contribution in [0.15, 0.2) is 89.3 Å². The number of hydrogen-bond donors (Lipinski definition) is 1. The van der Waals surface area contributed by atoms with Gasteiger partial charge in [-0.25, -0.2) is 4.79 Å². The molecule has 7 nitrogen and oxygen atoms in total. The number of esters is 1. The van der Waals surface area contributed by atoms with Crippen molar-refractivity contribution in [3.63, 3.8) is 0 Å². The molecule has 0 aliphatic carbocycles. The number of benzene rings is 3. The summed E-state index contributed by atoms with van der Waals surface area (Å²) in [5.41, 5.74) is 2.71. The van der Waals surface area contributed by atoms with Crippen molar-refractivity contribution >= 4 is 17.3 Å². The number of carbonyl (C=O) groups excluding carboxylic acids is 1. The van der Waals surface area contributed by atoms with Crippen LogP contribution in [0.5, 0.6) is 5.75 Å². The molecule has 0 aliphatic heterocycles. The van der Waals surface area contributed by atoms with Gasteiger partial charge in [-0.1, -0.05) is 36.4 Å². The second kappa shape index (κ2) is 9.38. The zero-order valence-corrected chi connectivity index (χ0v) is 16.0. The molecular weight excluding hydrogens is 382 g/mol. The standard InChI is InChI=1S/C23H19N3O4/c27-22(29-15-21-25-26-23(30-21)17-7-3-1-4-8-17)16-28-20-13-11-19(12-14-20)24-18-9-5-2-6-10-18/h1-14,24H,15-16H2. The first kappa shape index (κ1) is 19.2. The highest BCUT2D eigenvalue weighted by atomic mass is 16.6. The van der Waals surface area contributed by atoms with Crippen LogP contribution in [0.2, 0.25) is 0 Å². The molecule has 0 fully saturated rings. The van der Waals surface area contributed by atoms with Gasteiger partial charge >= 0.3 is 5.97 Å². The summed E-state index contributed by atoms with van der Waals surface area (Å²) in [5.74, 6) is 0.635. The molecule has 0 radical (unpaired) electrons. The summed E-state index contributed by atoms with van der Waals surface area (Å²) in [6, 6.07) is 26.5. The van der Waals surface area contributed by atoms with Crippen LogP contribution in [0.4, 0.5) is 11.4 Å². The minimum Gasteiger partial charge on any atom is -0.482 e. The Morgan fingerprint density at radius 3 is 2.23 bits per heavy atom. The molecule has 30 heavy (non-hydrogen) atoms. The van der Waals surface area contributed by atoms with Gasteiger partial charge in [-0.2, -0.15) is 0 Å². The van der Waals surface area contributed by atoms with Gasteiger partial charge in [-0.15, -0.1) is 10.2 Å². The van der Waals surface area contributed by atoms with E-state index in [4.69, 9.17) is 13.9 Å². The van der Waals surface area contributed by atoms with Crippen molar-refractivity contribution in [2.75, 3.05) is 11.9 Å². The van der Waals surface area contributed by atoms with Crippen LogP contribution in [0.25, 0.3) is 11.5 Å². The van der Waals surface area contributed by atoms with Gasteiger partial charge in [-0.05, 0) is 48.5 Å². The molecule has 7 heteroatoms. The Hall–Kier alpha value is -4.13.